The van der Waals surface area contributed by atoms with Crippen molar-refractivity contribution in [2.75, 3.05) is 5.75 Å². The molecule has 0 aliphatic carbocycles. The summed E-state index contributed by atoms with van der Waals surface area (Å²) in [7, 11) is 0. The molecule has 0 spiro atoms. The molecular weight excluding hydrogens is 278 g/mol. The molecule has 0 aromatic carbocycles. The van der Waals surface area contributed by atoms with Crippen LogP contribution in [0.15, 0.2) is 13.8 Å². The van der Waals surface area contributed by atoms with Crippen LogP contribution in [0, 0.1) is 11.3 Å². The number of hydrogen-bond donors (Lipinski definition) is 2. The normalized spacial score (nSPS) is 10.4. The predicted octanol–water partition coefficient (Wildman–Crippen LogP) is -1.01. The van der Waals surface area contributed by atoms with Gasteiger partial charge in [0.05, 0.1) is 15.7 Å². The number of nitrogens with zero attached hydrogens (tertiary/aromatic N) is 1. The molecule has 9 heteroatoms. The highest BCUT2D eigenvalue weighted by molar-refractivity contribution is 8.01. The first-order valence-corrected chi connectivity index (χ1v) is 6.35. The van der Waals surface area contributed by atoms with Crippen LogP contribution in [0.4, 0.5) is 0 Å². The number of fused-ring (bicyclic) bond motifs is 1. The van der Waals surface area contributed by atoms with Gasteiger partial charge < -0.3 is 14.9 Å². The van der Waals surface area contributed by atoms with Gasteiger partial charge in [-0.1, -0.05) is 0 Å². The maximum absolute atomic E-state index is 11.5. The fraction of sp³-hybridized carbons (Fsp3) is 0.111. The van der Waals surface area contributed by atoms with E-state index in [1.807, 2.05) is 11.1 Å². The number of carbonyl (C=O) groups is 1. The van der Waals surface area contributed by atoms with Gasteiger partial charge in [-0.05, 0) is 0 Å². The molecule has 2 aromatic heterocycles. The minimum Gasteiger partial charge on any atom is -0.549 e. The number of H-pyrrole nitrogens is 2. The summed E-state index contributed by atoms with van der Waals surface area (Å²) < 4.78 is 0.552. The molecule has 18 heavy (non-hydrogen) atoms. The van der Waals surface area contributed by atoms with E-state index in [1.165, 1.54) is 0 Å². The third-order valence-electron chi connectivity index (χ3n) is 1.98. The number of rotatable bonds is 3. The molecule has 0 aliphatic rings. The molecule has 2 rings (SSSR count). The topological polar surface area (TPSA) is 130 Å². The third kappa shape index (κ3) is 2.15. The molecule has 0 aliphatic heterocycles. The number of hydrogen-bond acceptors (Lipinski definition) is 7. The molecule has 0 amide bonds. The summed E-state index contributed by atoms with van der Waals surface area (Å²) >= 11 is 1.84. The van der Waals surface area contributed by atoms with Crippen LogP contribution in [0.25, 0.3) is 10.2 Å². The highest BCUT2D eigenvalue weighted by Crippen LogP contribution is 2.34. The molecule has 0 fully saturated rings. The van der Waals surface area contributed by atoms with Crippen molar-refractivity contribution in [1.82, 2.24) is 9.97 Å². The largest absolute Gasteiger partial charge is 0.549 e. The van der Waals surface area contributed by atoms with Crippen LogP contribution in [0.1, 0.15) is 5.56 Å². The number of carboxylic acid groups (broad SMARTS) is 1. The summed E-state index contributed by atoms with van der Waals surface area (Å²) in [4.78, 5) is 37.4. The Kier molecular flexibility index (Phi) is 3.22. The molecule has 2 heterocycles. The van der Waals surface area contributed by atoms with Gasteiger partial charge in [0, 0.05) is 5.75 Å². The molecule has 0 radical (unpaired) electrons. The first-order valence-electron chi connectivity index (χ1n) is 4.54. The standard InChI is InChI=1S/C9H5N3O4S2/c10-1-3-5-6(7(15)12-9(16)11-5)18-8(3)17-2-4(13)14/h2H2,(H,13,14)(H2,11,12,15,16)/p-1. The van der Waals surface area contributed by atoms with E-state index in [0.29, 0.717) is 4.21 Å². The summed E-state index contributed by atoms with van der Waals surface area (Å²) in [5, 5.41) is 19.4. The van der Waals surface area contributed by atoms with Gasteiger partial charge in [-0.3, -0.25) is 9.78 Å². The number of aromatic nitrogens is 2. The molecule has 0 saturated heterocycles. The summed E-state index contributed by atoms with van der Waals surface area (Å²) in [5.41, 5.74) is -1.07. The Balaban J connectivity index is 2.66. The summed E-state index contributed by atoms with van der Waals surface area (Å²) in [6.45, 7) is 0. The zero-order valence-corrected chi connectivity index (χ0v) is 10.2. The fourth-order valence-corrected chi connectivity index (χ4v) is 3.36. The van der Waals surface area contributed by atoms with Crippen LogP contribution >= 0.6 is 23.1 Å². The van der Waals surface area contributed by atoms with Crippen molar-refractivity contribution in [3.63, 3.8) is 0 Å². The van der Waals surface area contributed by atoms with E-state index in [0.717, 1.165) is 23.1 Å². The number of thioether (sulfide) groups is 1. The third-order valence-corrected chi connectivity index (χ3v) is 4.41. The van der Waals surface area contributed by atoms with E-state index < -0.39 is 17.2 Å². The van der Waals surface area contributed by atoms with Crippen LogP contribution < -0.4 is 16.4 Å². The summed E-state index contributed by atoms with van der Waals surface area (Å²) in [5.74, 6) is -1.60. The second-order valence-electron chi connectivity index (χ2n) is 3.15. The highest BCUT2D eigenvalue weighted by atomic mass is 32.2. The molecule has 0 bridgehead atoms. The van der Waals surface area contributed by atoms with Crippen LogP contribution in [0.5, 0.6) is 0 Å². The lowest BCUT2D eigenvalue weighted by Gasteiger charge is -1.98. The van der Waals surface area contributed by atoms with Gasteiger partial charge in [-0.2, -0.15) is 5.26 Å². The van der Waals surface area contributed by atoms with Gasteiger partial charge in [0.25, 0.3) is 5.56 Å². The molecule has 2 aromatic rings. The maximum atomic E-state index is 11.5. The van der Waals surface area contributed by atoms with Crippen LogP contribution in [0.2, 0.25) is 0 Å². The molecule has 0 atom stereocenters. The second-order valence-corrected chi connectivity index (χ2v) is 5.41. The molecule has 0 saturated carbocycles. The van der Waals surface area contributed by atoms with Gasteiger partial charge in [0.15, 0.2) is 0 Å². The number of aliphatic carboxylic acids is 1. The van der Waals surface area contributed by atoms with Crippen molar-refractivity contribution in [2.45, 2.75) is 4.21 Å². The number of nitriles is 1. The van der Waals surface area contributed by atoms with E-state index in [9.17, 15) is 19.5 Å². The Morgan fingerprint density at radius 3 is 2.78 bits per heavy atom. The average Bonchev–Trinajstić information content (AvgIpc) is 2.64. The first kappa shape index (κ1) is 12.4. The minimum atomic E-state index is -1.27. The molecule has 2 N–H and O–H groups in total. The average molecular weight is 282 g/mol. The van der Waals surface area contributed by atoms with Crippen LogP contribution in [0.3, 0.4) is 0 Å². The lowest BCUT2D eigenvalue weighted by atomic mass is 10.3. The van der Waals surface area contributed by atoms with Gasteiger partial charge >= 0.3 is 5.69 Å². The fourth-order valence-electron chi connectivity index (χ4n) is 1.32. The number of aromatic amines is 2. The predicted molar refractivity (Wildman–Crippen MR) is 63.5 cm³/mol. The quantitative estimate of drug-likeness (QED) is 0.694. The van der Waals surface area contributed by atoms with E-state index in [-0.39, 0.29) is 21.5 Å². The van der Waals surface area contributed by atoms with E-state index in [2.05, 4.69) is 4.98 Å². The van der Waals surface area contributed by atoms with Gasteiger partial charge in [-0.25, -0.2) is 4.79 Å². The SMILES string of the molecule is N#Cc1c(SCC(=O)[O-])sc2c(=O)[nH]c(=O)[nH]c12. The van der Waals surface area contributed by atoms with Gasteiger partial charge in [0.1, 0.15) is 16.3 Å². The van der Waals surface area contributed by atoms with Crippen molar-refractivity contribution in [3.05, 3.63) is 26.4 Å². The number of carboxylic acids is 1. The Labute approximate surface area is 107 Å². The lowest BCUT2D eigenvalue weighted by Crippen LogP contribution is -2.24. The van der Waals surface area contributed by atoms with Crippen molar-refractivity contribution in [1.29, 1.82) is 5.26 Å². The van der Waals surface area contributed by atoms with E-state index in [1.54, 1.807) is 0 Å². The smallest absolute Gasteiger partial charge is 0.326 e. The van der Waals surface area contributed by atoms with Crippen LogP contribution in [-0.2, 0) is 4.79 Å². The summed E-state index contributed by atoms with van der Waals surface area (Å²) in [6, 6.07) is 1.85. The zero-order chi connectivity index (χ0) is 13.3. The lowest BCUT2D eigenvalue weighted by molar-refractivity contribution is -0.301. The molecular formula is C9H4N3O4S2-. The molecule has 92 valence electrons. The van der Waals surface area contributed by atoms with E-state index >= 15 is 0 Å². The first-order chi connectivity index (χ1) is 8.52. The highest BCUT2D eigenvalue weighted by Gasteiger charge is 2.15. The monoisotopic (exact) mass is 282 g/mol. The van der Waals surface area contributed by atoms with Crippen molar-refractivity contribution in [3.8, 4) is 6.07 Å². The van der Waals surface area contributed by atoms with Crippen molar-refractivity contribution < 1.29 is 9.90 Å². The zero-order valence-electron chi connectivity index (χ0n) is 8.60. The Bertz CT molecular complexity index is 780. The van der Waals surface area contributed by atoms with Crippen molar-refractivity contribution >= 4 is 39.3 Å². The van der Waals surface area contributed by atoms with Crippen molar-refractivity contribution in [2.24, 2.45) is 0 Å². The Morgan fingerprint density at radius 2 is 2.17 bits per heavy atom. The van der Waals surface area contributed by atoms with Gasteiger partial charge in [0.2, 0.25) is 0 Å². The summed E-state index contributed by atoms with van der Waals surface area (Å²) in [6.07, 6.45) is 0. The molecule has 0 unspecified atom stereocenters. The minimum absolute atomic E-state index is 0.101. The Morgan fingerprint density at radius 1 is 1.44 bits per heavy atom. The Hall–Kier alpha value is -2.05. The number of carbonyl (C=O) groups excluding carboxylic acids is 1. The van der Waals surface area contributed by atoms with Crippen LogP contribution in [-0.4, -0.2) is 21.7 Å². The van der Waals surface area contributed by atoms with Gasteiger partial charge in [-0.15, -0.1) is 23.1 Å². The maximum Gasteiger partial charge on any atom is 0.326 e. The van der Waals surface area contributed by atoms with E-state index in [4.69, 9.17) is 5.26 Å². The second kappa shape index (κ2) is 4.67. The number of nitrogens with one attached hydrogen (secondary N) is 2. The molecule has 7 nitrogen and oxygen atoms in total. The number of thiophene rings is 1.